The van der Waals surface area contributed by atoms with E-state index in [2.05, 4.69) is 107 Å². The summed E-state index contributed by atoms with van der Waals surface area (Å²) in [6, 6.07) is 30.7. The zero-order valence-corrected chi connectivity index (χ0v) is 23.2. The van der Waals surface area contributed by atoms with Gasteiger partial charge in [0.15, 0.2) is 0 Å². The van der Waals surface area contributed by atoms with Gasteiger partial charge in [0, 0.05) is 25.7 Å². The highest BCUT2D eigenvalue weighted by atomic mass is 16.3. The lowest BCUT2D eigenvalue weighted by Gasteiger charge is -2.35. The molecule has 6 rings (SSSR count). The van der Waals surface area contributed by atoms with Gasteiger partial charge in [0.1, 0.15) is 17.4 Å². The number of rotatable bonds is 8. The van der Waals surface area contributed by atoms with Crippen LogP contribution in [0.1, 0.15) is 30.5 Å². The van der Waals surface area contributed by atoms with Crippen molar-refractivity contribution < 1.29 is 5.11 Å². The van der Waals surface area contributed by atoms with Crippen LogP contribution < -0.4 is 0 Å². The third-order valence-electron chi connectivity index (χ3n) is 8.65. The van der Waals surface area contributed by atoms with Gasteiger partial charge in [0.25, 0.3) is 0 Å². The number of phenolic OH excluding ortho intramolecular Hbond substituents is 1. The minimum Gasteiger partial charge on any atom is -0.508 e. The largest absolute Gasteiger partial charge is 0.508 e. The van der Waals surface area contributed by atoms with E-state index in [0.29, 0.717) is 29.8 Å². The minimum absolute atomic E-state index is 0.324. The van der Waals surface area contributed by atoms with E-state index in [9.17, 15) is 5.11 Å². The normalized spacial score (nSPS) is 22.4. The maximum Gasteiger partial charge on any atom is 0.127 e. The fourth-order valence-electron chi connectivity index (χ4n) is 6.52. The summed E-state index contributed by atoms with van der Waals surface area (Å²) in [5.41, 5.74) is 4.02. The number of hydrogen-bond acceptors (Lipinski definition) is 5. The quantitative estimate of drug-likeness (QED) is 0.434. The summed E-state index contributed by atoms with van der Waals surface area (Å²) in [7, 11) is 0. The van der Waals surface area contributed by atoms with Gasteiger partial charge in [0.05, 0.1) is 24.7 Å². The standard InChI is InChI=1S/C34H40N4O/c1-25(2)32-22-35-33-21-34-36(18-17-26-9-5-3-6-10-26)29(20-28-13-15-31(39)16-14-28)23-37(34)30(24-38(32)33)19-27-11-7-4-8-12-27/h3-16,21,25,29-30,32,39H,17-20,22-24H2,1-2H3/t29-,30-,32+/m1/s1. The molecule has 39 heavy (non-hydrogen) atoms. The Bertz CT molecular complexity index is 1300. The average molecular weight is 521 g/mol. The SMILES string of the molecule is CC(C)[C@@H]1CN=C2C=C3N(CCc4ccccc4)[C@H](Cc4ccc(O)cc4)CN3[C@H](Cc3ccccc3)CN21. The Morgan fingerprint density at radius 3 is 2.08 bits per heavy atom. The van der Waals surface area contributed by atoms with Crippen LogP contribution in [0.2, 0.25) is 0 Å². The minimum atomic E-state index is 0.324. The number of aromatic hydroxyl groups is 1. The molecule has 0 saturated carbocycles. The van der Waals surface area contributed by atoms with Crippen molar-refractivity contribution in [1.29, 1.82) is 0 Å². The van der Waals surface area contributed by atoms with Gasteiger partial charge in [-0.2, -0.15) is 0 Å². The van der Waals surface area contributed by atoms with Crippen LogP contribution in [0.25, 0.3) is 0 Å². The fourth-order valence-corrected chi connectivity index (χ4v) is 6.52. The van der Waals surface area contributed by atoms with Crippen LogP contribution in [0, 0.1) is 5.92 Å². The molecule has 0 bridgehead atoms. The van der Waals surface area contributed by atoms with Crippen molar-refractivity contribution in [3.05, 3.63) is 114 Å². The second-order valence-electron chi connectivity index (χ2n) is 11.6. The first-order valence-corrected chi connectivity index (χ1v) is 14.5. The molecule has 3 heterocycles. The first kappa shape index (κ1) is 25.5. The molecule has 3 atom stereocenters. The van der Waals surface area contributed by atoms with Crippen LogP contribution in [0.15, 0.2) is 102 Å². The Hall–Kier alpha value is -3.73. The van der Waals surface area contributed by atoms with Gasteiger partial charge >= 0.3 is 0 Å². The summed E-state index contributed by atoms with van der Waals surface area (Å²) in [6.45, 7) is 8.49. The summed E-state index contributed by atoms with van der Waals surface area (Å²) in [5, 5.41) is 9.86. The highest BCUT2D eigenvalue weighted by molar-refractivity contribution is 5.95. The maximum absolute atomic E-state index is 9.86. The highest BCUT2D eigenvalue weighted by Crippen LogP contribution is 2.35. The number of fused-ring (bicyclic) bond motifs is 2. The number of aliphatic imine (C=N–C) groups is 1. The molecule has 3 aromatic carbocycles. The van der Waals surface area contributed by atoms with Gasteiger partial charge in [-0.3, -0.25) is 4.99 Å². The maximum atomic E-state index is 9.86. The lowest BCUT2D eigenvalue weighted by Crippen LogP contribution is -2.47. The van der Waals surface area contributed by atoms with E-state index in [1.165, 1.54) is 22.5 Å². The van der Waals surface area contributed by atoms with Gasteiger partial charge in [-0.25, -0.2) is 0 Å². The van der Waals surface area contributed by atoms with E-state index in [-0.39, 0.29) is 0 Å². The first-order valence-electron chi connectivity index (χ1n) is 14.5. The number of amidine groups is 1. The Balaban J connectivity index is 1.35. The molecule has 5 nitrogen and oxygen atoms in total. The fraction of sp³-hybridized carbons (Fsp3) is 0.382. The third kappa shape index (κ3) is 5.54. The van der Waals surface area contributed by atoms with Crippen molar-refractivity contribution in [2.45, 2.75) is 51.2 Å². The average Bonchev–Trinajstić information content (AvgIpc) is 3.46. The molecule has 0 aromatic heterocycles. The molecule has 0 amide bonds. The Labute approximate surface area is 233 Å². The molecule has 5 heteroatoms. The molecule has 1 N–H and O–H groups in total. The van der Waals surface area contributed by atoms with Gasteiger partial charge in [-0.05, 0) is 54.0 Å². The molecule has 3 aromatic rings. The van der Waals surface area contributed by atoms with Crippen molar-refractivity contribution in [1.82, 2.24) is 14.7 Å². The second kappa shape index (κ2) is 11.2. The zero-order valence-electron chi connectivity index (χ0n) is 23.2. The molecule has 3 aliphatic heterocycles. The van der Waals surface area contributed by atoms with Crippen LogP contribution in [0.5, 0.6) is 5.75 Å². The van der Waals surface area contributed by atoms with E-state index in [1.807, 2.05) is 12.1 Å². The Morgan fingerprint density at radius 1 is 0.769 bits per heavy atom. The Morgan fingerprint density at radius 2 is 1.38 bits per heavy atom. The molecule has 0 radical (unpaired) electrons. The van der Waals surface area contributed by atoms with Crippen molar-refractivity contribution in [2.75, 3.05) is 26.2 Å². The van der Waals surface area contributed by atoms with Crippen LogP contribution in [0.4, 0.5) is 0 Å². The summed E-state index contributed by atoms with van der Waals surface area (Å²) in [5.74, 6) is 3.36. The van der Waals surface area contributed by atoms with Crippen molar-refractivity contribution in [3.8, 4) is 5.75 Å². The van der Waals surface area contributed by atoms with Gasteiger partial charge < -0.3 is 19.8 Å². The van der Waals surface area contributed by atoms with E-state index in [1.54, 1.807) is 0 Å². The summed E-state index contributed by atoms with van der Waals surface area (Å²) >= 11 is 0. The molecule has 202 valence electrons. The predicted molar refractivity (Wildman–Crippen MR) is 159 cm³/mol. The number of hydrogen-bond donors (Lipinski definition) is 1. The molecule has 0 aliphatic carbocycles. The molecule has 3 aliphatic rings. The number of benzene rings is 3. The van der Waals surface area contributed by atoms with Crippen molar-refractivity contribution >= 4 is 5.84 Å². The molecule has 0 unspecified atom stereocenters. The lowest BCUT2D eigenvalue weighted by molar-refractivity contribution is 0.193. The lowest BCUT2D eigenvalue weighted by atomic mass is 10.00. The van der Waals surface area contributed by atoms with Crippen LogP contribution in [-0.2, 0) is 19.3 Å². The summed E-state index contributed by atoms with van der Waals surface area (Å²) in [4.78, 5) is 13.0. The topological polar surface area (TPSA) is 42.3 Å². The Kier molecular flexibility index (Phi) is 7.32. The van der Waals surface area contributed by atoms with Crippen molar-refractivity contribution in [3.63, 3.8) is 0 Å². The van der Waals surface area contributed by atoms with E-state index < -0.39 is 0 Å². The molecule has 1 fully saturated rings. The molecular formula is C34H40N4O. The summed E-state index contributed by atoms with van der Waals surface area (Å²) in [6.07, 6.45) is 5.36. The third-order valence-corrected chi connectivity index (χ3v) is 8.65. The molecular weight excluding hydrogens is 480 g/mol. The molecule has 1 saturated heterocycles. The molecule has 0 spiro atoms. The van der Waals surface area contributed by atoms with Gasteiger partial charge in [-0.15, -0.1) is 0 Å². The predicted octanol–water partition coefficient (Wildman–Crippen LogP) is 5.37. The summed E-state index contributed by atoms with van der Waals surface area (Å²) < 4.78 is 0. The van der Waals surface area contributed by atoms with E-state index in [4.69, 9.17) is 4.99 Å². The van der Waals surface area contributed by atoms with E-state index in [0.717, 1.165) is 51.3 Å². The zero-order chi connectivity index (χ0) is 26.8. The number of nitrogens with zero attached hydrogens (tertiary/aromatic N) is 4. The van der Waals surface area contributed by atoms with Gasteiger partial charge in [0.2, 0.25) is 0 Å². The van der Waals surface area contributed by atoms with Crippen molar-refractivity contribution in [2.24, 2.45) is 10.9 Å². The van der Waals surface area contributed by atoms with Crippen LogP contribution in [0.3, 0.4) is 0 Å². The smallest absolute Gasteiger partial charge is 0.127 e. The van der Waals surface area contributed by atoms with E-state index >= 15 is 0 Å². The van der Waals surface area contributed by atoms with Crippen LogP contribution in [-0.4, -0.2) is 69.9 Å². The van der Waals surface area contributed by atoms with Crippen LogP contribution >= 0.6 is 0 Å². The second-order valence-corrected chi connectivity index (χ2v) is 11.6. The number of phenols is 1. The monoisotopic (exact) mass is 520 g/mol. The highest BCUT2D eigenvalue weighted by Gasteiger charge is 2.43. The first-order chi connectivity index (χ1) is 19.0. The van der Waals surface area contributed by atoms with Gasteiger partial charge in [-0.1, -0.05) is 86.6 Å².